The number of H-pyrrole nitrogens is 1. The number of fused-ring (bicyclic) bond motifs is 1. The van der Waals surface area contributed by atoms with Gasteiger partial charge in [0.1, 0.15) is 11.6 Å². The first-order chi connectivity index (χ1) is 11.7. The predicted octanol–water partition coefficient (Wildman–Crippen LogP) is 2.01. The van der Waals surface area contributed by atoms with Crippen molar-refractivity contribution in [2.75, 3.05) is 26.9 Å². The molecule has 6 heteroatoms. The van der Waals surface area contributed by atoms with Crippen molar-refractivity contribution in [2.24, 2.45) is 5.92 Å². The maximum atomic E-state index is 12.6. The van der Waals surface area contributed by atoms with Crippen LogP contribution in [-0.2, 0) is 22.5 Å². The fraction of sp³-hybridized carbons (Fsp3) is 0.444. The molecule has 1 amide bonds. The van der Waals surface area contributed by atoms with E-state index in [0.717, 1.165) is 47.9 Å². The Bertz CT molecular complexity index is 750. The van der Waals surface area contributed by atoms with Crippen LogP contribution in [0.1, 0.15) is 17.8 Å². The topological polar surface area (TPSA) is 67.5 Å². The van der Waals surface area contributed by atoms with E-state index < -0.39 is 0 Å². The predicted molar refractivity (Wildman–Crippen MR) is 88.6 cm³/mol. The number of nitrogens with zero attached hydrogens (tertiary/aromatic N) is 2. The fourth-order valence-corrected chi connectivity index (χ4v) is 3.38. The maximum absolute atomic E-state index is 12.6. The first kappa shape index (κ1) is 15.2. The molecular formula is C18H21N3O3. The molecule has 3 heterocycles. The zero-order valence-corrected chi connectivity index (χ0v) is 13.7. The minimum Gasteiger partial charge on any atom is -0.497 e. The maximum Gasteiger partial charge on any atom is 0.228 e. The van der Waals surface area contributed by atoms with Gasteiger partial charge in [0, 0.05) is 25.1 Å². The minimum atomic E-state index is 0.0207. The van der Waals surface area contributed by atoms with Gasteiger partial charge in [-0.1, -0.05) is 12.1 Å². The highest BCUT2D eigenvalue weighted by Gasteiger charge is 2.31. The van der Waals surface area contributed by atoms with Gasteiger partial charge < -0.3 is 19.4 Å². The van der Waals surface area contributed by atoms with Crippen LogP contribution >= 0.6 is 0 Å². The Labute approximate surface area is 140 Å². The monoisotopic (exact) mass is 327 g/mol. The number of methoxy groups -OCH3 is 1. The lowest BCUT2D eigenvalue weighted by molar-refractivity contribution is -0.136. The Morgan fingerprint density at radius 1 is 1.46 bits per heavy atom. The molecule has 1 aromatic heterocycles. The van der Waals surface area contributed by atoms with E-state index in [1.54, 1.807) is 7.11 Å². The number of carbonyl (C=O) groups excluding carboxylic acids is 1. The van der Waals surface area contributed by atoms with Crippen molar-refractivity contribution in [1.82, 2.24) is 14.9 Å². The summed E-state index contributed by atoms with van der Waals surface area (Å²) in [5, 5.41) is 0. The molecule has 0 bridgehead atoms. The van der Waals surface area contributed by atoms with Gasteiger partial charge in [-0.2, -0.15) is 0 Å². The van der Waals surface area contributed by atoms with Crippen LogP contribution in [0.25, 0.3) is 11.4 Å². The van der Waals surface area contributed by atoms with E-state index in [1.165, 1.54) is 0 Å². The van der Waals surface area contributed by atoms with E-state index in [0.29, 0.717) is 19.8 Å². The molecule has 24 heavy (non-hydrogen) atoms. The second-order valence-electron chi connectivity index (χ2n) is 6.31. The van der Waals surface area contributed by atoms with Gasteiger partial charge in [-0.15, -0.1) is 0 Å². The quantitative estimate of drug-likeness (QED) is 0.936. The summed E-state index contributed by atoms with van der Waals surface area (Å²) in [5.74, 6) is 1.86. The van der Waals surface area contributed by atoms with Crippen molar-refractivity contribution in [2.45, 2.75) is 19.4 Å². The zero-order valence-electron chi connectivity index (χ0n) is 13.7. The minimum absolute atomic E-state index is 0.0207. The second kappa shape index (κ2) is 6.28. The Morgan fingerprint density at radius 3 is 3.17 bits per heavy atom. The Kier molecular flexibility index (Phi) is 3.98. The van der Waals surface area contributed by atoms with Crippen LogP contribution in [0.3, 0.4) is 0 Å². The summed E-state index contributed by atoms with van der Waals surface area (Å²) >= 11 is 0. The van der Waals surface area contributed by atoms with Crippen LogP contribution in [-0.4, -0.2) is 47.6 Å². The van der Waals surface area contributed by atoms with Crippen LogP contribution in [0.15, 0.2) is 24.3 Å². The summed E-state index contributed by atoms with van der Waals surface area (Å²) in [7, 11) is 1.66. The van der Waals surface area contributed by atoms with E-state index >= 15 is 0 Å². The fourth-order valence-electron chi connectivity index (χ4n) is 3.38. The molecule has 1 saturated heterocycles. The molecule has 2 aliphatic rings. The summed E-state index contributed by atoms with van der Waals surface area (Å²) in [6, 6.07) is 7.83. The van der Waals surface area contributed by atoms with Crippen molar-refractivity contribution in [1.29, 1.82) is 0 Å². The number of hydrogen-bond donors (Lipinski definition) is 1. The van der Waals surface area contributed by atoms with Crippen molar-refractivity contribution in [3.05, 3.63) is 35.7 Å². The molecule has 1 atom stereocenters. The summed E-state index contributed by atoms with van der Waals surface area (Å²) in [6.07, 6.45) is 1.62. The molecule has 1 fully saturated rings. The number of aromatic amines is 1. The van der Waals surface area contributed by atoms with Gasteiger partial charge in [0.25, 0.3) is 0 Å². The van der Waals surface area contributed by atoms with Crippen LogP contribution in [0.5, 0.6) is 5.75 Å². The number of aromatic nitrogens is 2. The third-order valence-electron chi connectivity index (χ3n) is 4.77. The molecule has 4 rings (SSSR count). The number of nitrogens with one attached hydrogen (secondary N) is 1. The Balaban J connectivity index is 1.54. The van der Waals surface area contributed by atoms with Crippen LogP contribution in [0.4, 0.5) is 0 Å². The summed E-state index contributed by atoms with van der Waals surface area (Å²) in [6.45, 7) is 2.58. The summed E-state index contributed by atoms with van der Waals surface area (Å²) in [5.41, 5.74) is 3.08. The molecule has 6 nitrogen and oxygen atoms in total. The van der Waals surface area contributed by atoms with E-state index in [9.17, 15) is 4.79 Å². The molecule has 126 valence electrons. The smallest absolute Gasteiger partial charge is 0.228 e. The van der Waals surface area contributed by atoms with Crippen LogP contribution in [0.2, 0.25) is 0 Å². The lowest BCUT2D eigenvalue weighted by atomic mass is 10.0. The summed E-state index contributed by atoms with van der Waals surface area (Å²) in [4.78, 5) is 22.6. The molecule has 0 radical (unpaired) electrons. The number of amides is 1. The van der Waals surface area contributed by atoms with Crippen LogP contribution in [0, 0.1) is 5.92 Å². The standard InChI is InChI=1S/C18H21N3O3/c1-23-14-4-2-3-12(9-14)17-19-15-5-7-21(10-16(15)20-17)18(22)13-6-8-24-11-13/h2-4,9,13H,5-8,10-11H2,1H3,(H,19,20)/t13-/m0/s1. The number of carbonyl (C=O) groups is 1. The number of ether oxygens (including phenoxy) is 2. The normalized spacial score (nSPS) is 20.0. The average Bonchev–Trinajstić information content (AvgIpc) is 3.30. The molecule has 1 N–H and O–H groups in total. The molecule has 0 aliphatic carbocycles. The number of imidazole rings is 1. The molecule has 0 spiro atoms. The first-order valence-electron chi connectivity index (χ1n) is 8.33. The number of benzene rings is 1. The van der Waals surface area contributed by atoms with Gasteiger partial charge >= 0.3 is 0 Å². The average molecular weight is 327 g/mol. The second-order valence-corrected chi connectivity index (χ2v) is 6.31. The SMILES string of the molecule is COc1cccc(-c2nc3c([nH]2)CN(C(=O)[C@H]2CCOC2)CC3)c1. The largest absolute Gasteiger partial charge is 0.497 e. The first-order valence-corrected chi connectivity index (χ1v) is 8.33. The van der Waals surface area contributed by atoms with Crippen LogP contribution < -0.4 is 4.74 Å². The Morgan fingerprint density at radius 2 is 2.38 bits per heavy atom. The Hall–Kier alpha value is -2.34. The van der Waals surface area contributed by atoms with Crippen molar-refractivity contribution >= 4 is 5.91 Å². The molecule has 0 unspecified atom stereocenters. The third-order valence-corrected chi connectivity index (χ3v) is 4.77. The summed E-state index contributed by atoms with van der Waals surface area (Å²) < 4.78 is 10.6. The van der Waals surface area contributed by atoms with Gasteiger partial charge in [0.2, 0.25) is 5.91 Å². The van der Waals surface area contributed by atoms with E-state index in [4.69, 9.17) is 14.5 Å². The zero-order chi connectivity index (χ0) is 16.5. The highest BCUT2D eigenvalue weighted by Crippen LogP contribution is 2.26. The lowest BCUT2D eigenvalue weighted by Crippen LogP contribution is -2.40. The molecule has 0 saturated carbocycles. The highest BCUT2D eigenvalue weighted by atomic mass is 16.5. The van der Waals surface area contributed by atoms with Crippen molar-refractivity contribution in [3.63, 3.8) is 0 Å². The third kappa shape index (κ3) is 2.78. The lowest BCUT2D eigenvalue weighted by Gasteiger charge is -2.28. The van der Waals surface area contributed by atoms with Gasteiger partial charge in [-0.25, -0.2) is 4.98 Å². The van der Waals surface area contributed by atoms with E-state index in [-0.39, 0.29) is 11.8 Å². The number of rotatable bonds is 3. The van der Waals surface area contributed by atoms with Gasteiger partial charge in [0.15, 0.2) is 0 Å². The van der Waals surface area contributed by atoms with Gasteiger partial charge in [-0.3, -0.25) is 4.79 Å². The van der Waals surface area contributed by atoms with Crippen molar-refractivity contribution < 1.29 is 14.3 Å². The van der Waals surface area contributed by atoms with Crippen molar-refractivity contribution in [3.8, 4) is 17.1 Å². The van der Waals surface area contributed by atoms with E-state index in [1.807, 2.05) is 29.2 Å². The molecule has 2 aliphatic heterocycles. The number of hydrogen-bond acceptors (Lipinski definition) is 4. The van der Waals surface area contributed by atoms with E-state index in [2.05, 4.69) is 4.98 Å². The highest BCUT2D eigenvalue weighted by molar-refractivity contribution is 5.79. The molecular weight excluding hydrogens is 306 g/mol. The molecule has 1 aromatic carbocycles. The molecule has 2 aromatic rings. The van der Waals surface area contributed by atoms with Gasteiger partial charge in [-0.05, 0) is 18.6 Å². The van der Waals surface area contributed by atoms with Gasteiger partial charge in [0.05, 0.1) is 37.6 Å².